The van der Waals surface area contributed by atoms with Gasteiger partial charge < -0.3 is 20.4 Å². The number of allylic oxidation sites excluding steroid dienone is 2. The molecule has 0 bridgehead atoms. The highest BCUT2D eigenvalue weighted by Crippen LogP contribution is 2.29. The van der Waals surface area contributed by atoms with E-state index in [1.54, 1.807) is 12.1 Å². The second-order valence-electron chi connectivity index (χ2n) is 15.0. The highest BCUT2D eigenvalue weighted by atomic mass is 19.1. The van der Waals surface area contributed by atoms with Gasteiger partial charge in [-0.1, -0.05) is 39.0 Å². The number of piperazine rings is 1. The Morgan fingerprint density at radius 1 is 0.943 bits per heavy atom. The van der Waals surface area contributed by atoms with Gasteiger partial charge in [0.25, 0.3) is 0 Å². The summed E-state index contributed by atoms with van der Waals surface area (Å²) in [5.74, 6) is 0.999. The summed E-state index contributed by atoms with van der Waals surface area (Å²) in [4.78, 5) is 36.8. The van der Waals surface area contributed by atoms with Gasteiger partial charge in [0.05, 0.1) is 24.2 Å². The zero-order valence-corrected chi connectivity index (χ0v) is 31.9. The molecule has 0 radical (unpaired) electrons. The number of aliphatic imine (C=N–C) groups is 1. The van der Waals surface area contributed by atoms with Crippen molar-refractivity contribution in [1.29, 1.82) is 0 Å². The summed E-state index contributed by atoms with van der Waals surface area (Å²) in [6.45, 7) is 18.6. The summed E-state index contributed by atoms with van der Waals surface area (Å²) in [6.07, 6.45) is 7.50. The molecule has 10 nitrogen and oxygen atoms in total. The maximum atomic E-state index is 15.5. The zero-order chi connectivity index (χ0) is 37.5. The van der Waals surface area contributed by atoms with E-state index in [-0.39, 0.29) is 17.1 Å². The molecule has 2 aromatic carbocycles. The molecule has 2 saturated heterocycles. The van der Waals surface area contributed by atoms with Crippen LogP contribution in [0.3, 0.4) is 0 Å². The summed E-state index contributed by atoms with van der Waals surface area (Å²) in [5, 5.41) is 6.18. The number of amides is 1. The minimum Gasteiger partial charge on any atom is -0.368 e. The fraction of sp³-hybridized carbons (Fsp3) is 0.405. The van der Waals surface area contributed by atoms with Gasteiger partial charge in [-0.2, -0.15) is 0 Å². The summed E-state index contributed by atoms with van der Waals surface area (Å²) in [6, 6.07) is 18.0. The molecule has 11 heteroatoms. The summed E-state index contributed by atoms with van der Waals surface area (Å²) >= 11 is 0. The number of hydrogen-bond acceptors (Lipinski definition) is 9. The van der Waals surface area contributed by atoms with Crippen LogP contribution >= 0.6 is 0 Å². The number of aromatic nitrogens is 3. The van der Waals surface area contributed by atoms with Gasteiger partial charge >= 0.3 is 0 Å². The normalized spacial score (nSPS) is 16.2. The maximum Gasteiger partial charge on any atom is 0.223 e. The van der Waals surface area contributed by atoms with E-state index in [0.717, 1.165) is 79.6 Å². The van der Waals surface area contributed by atoms with Gasteiger partial charge in [0, 0.05) is 86.3 Å². The van der Waals surface area contributed by atoms with Gasteiger partial charge in [-0.25, -0.2) is 19.3 Å². The molecule has 0 aliphatic carbocycles. The molecule has 2 aliphatic heterocycles. The lowest BCUT2D eigenvalue weighted by Gasteiger charge is -2.36. The first kappa shape index (κ1) is 37.6. The molecule has 2 fully saturated rings. The number of halogens is 1. The van der Waals surface area contributed by atoms with Gasteiger partial charge in [-0.3, -0.25) is 14.7 Å². The number of hydrogen-bond donors (Lipinski definition) is 2. The van der Waals surface area contributed by atoms with Crippen LogP contribution in [0.25, 0.3) is 11.3 Å². The van der Waals surface area contributed by atoms with Crippen molar-refractivity contribution in [1.82, 2.24) is 25.2 Å². The lowest BCUT2D eigenvalue weighted by molar-refractivity contribution is -0.121. The quantitative estimate of drug-likeness (QED) is 0.156. The SMILES string of the molecule is C/C=C(\N=C(/C)Cc1cc(F)c(-c2cc(Nc3ccc(N4CCN(CCc5ccc(N6CCC(=O)NC6)cc5)CC4)cn3)ncn2)cc1C)C(C)(C)C. The Morgan fingerprint density at radius 3 is 2.36 bits per heavy atom. The van der Waals surface area contributed by atoms with Crippen molar-refractivity contribution >= 4 is 34.6 Å². The third-order valence-corrected chi connectivity index (χ3v) is 10.0. The molecule has 278 valence electrons. The van der Waals surface area contributed by atoms with Crippen molar-refractivity contribution in [3.63, 3.8) is 0 Å². The molecule has 4 heterocycles. The summed E-state index contributed by atoms with van der Waals surface area (Å²) in [7, 11) is 0. The molecule has 2 aliphatic rings. The number of carbonyl (C=O) groups excluding carboxylic acids is 1. The largest absolute Gasteiger partial charge is 0.368 e. The van der Waals surface area contributed by atoms with Gasteiger partial charge in [0.15, 0.2) is 0 Å². The average molecular weight is 718 g/mol. The van der Waals surface area contributed by atoms with E-state index in [1.807, 2.05) is 45.2 Å². The Morgan fingerprint density at radius 2 is 1.70 bits per heavy atom. The molecule has 0 spiro atoms. The lowest BCUT2D eigenvalue weighted by atomic mass is 9.91. The van der Waals surface area contributed by atoms with Crippen LogP contribution in [0.1, 0.15) is 57.7 Å². The van der Waals surface area contributed by atoms with Crippen LogP contribution in [0.4, 0.5) is 27.4 Å². The highest BCUT2D eigenvalue weighted by Gasteiger charge is 2.20. The number of nitrogens with zero attached hydrogens (tertiary/aromatic N) is 7. The molecular weight excluding hydrogens is 666 g/mol. The number of carbonyl (C=O) groups is 1. The van der Waals surface area contributed by atoms with Crippen molar-refractivity contribution < 1.29 is 9.18 Å². The number of pyridine rings is 1. The summed E-state index contributed by atoms with van der Waals surface area (Å²) in [5.41, 5.74) is 8.29. The predicted octanol–water partition coefficient (Wildman–Crippen LogP) is 7.33. The molecule has 6 rings (SSSR count). The second-order valence-corrected chi connectivity index (χ2v) is 15.0. The van der Waals surface area contributed by atoms with E-state index in [9.17, 15) is 4.79 Å². The lowest BCUT2D eigenvalue weighted by Crippen LogP contribution is -2.47. The maximum absolute atomic E-state index is 15.5. The van der Waals surface area contributed by atoms with Gasteiger partial charge in [-0.15, -0.1) is 0 Å². The van der Waals surface area contributed by atoms with E-state index in [4.69, 9.17) is 4.99 Å². The van der Waals surface area contributed by atoms with E-state index < -0.39 is 0 Å². The van der Waals surface area contributed by atoms with Crippen LogP contribution in [0.2, 0.25) is 0 Å². The van der Waals surface area contributed by atoms with E-state index in [1.165, 1.54) is 11.9 Å². The van der Waals surface area contributed by atoms with Crippen LogP contribution in [-0.2, 0) is 17.6 Å². The van der Waals surface area contributed by atoms with Crippen molar-refractivity contribution in [2.24, 2.45) is 10.4 Å². The predicted molar refractivity (Wildman–Crippen MR) is 213 cm³/mol. The Kier molecular flexibility index (Phi) is 11.8. The third-order valence-electron chi connectivity index (χ3n) is 10.0. The first-order valence-electron chi connectivity index (χ1n) is 18.6. The zero-order valence-electron chi connectivity index (χ0n) is 31.9. The Balaban J connectivity index is 0.999. The number of aryl methyl sites for hydroxylation is 1. The molecule has 0 atom stereocenters. The minimum atomic E-state index is -0.326. The van der Waals surface area contributed by atoms with Crippen molar-refractivity contribution in [3.05, 3.63) is 101 Å². The third kappa shape index (κ3) is 9.84. The van der Waals surface area contributed by atoms with Crippen LogP contribution < -0.4 is 20.4 Å². The van der Waals surface area contributed by atoms with Gasteiger partial charge in [0.1, 0.15) is 23.8 Å². The Bertz CT molecular complexity index is 1930. The van der Waals surface area contributed by atoms with E-state index in [0.29, 0.717) is 42.4 Å². The molecule has 1 amide bonds. The van der Waals surface area contributed by atoms with E-state index in [2.05, 4.69) is 91.4 Å². The fourth-order valence-electron chi connectivity index (χ4n) is 6.84. The molecular formula is C42H52FN9O. The molecule has 2 N–H and O–H groups in total. The van der Waals surface area contributed by atoms with Gasteiger partial charge in [-0.05, 0) is 80.3 Å². The molecule has 53 heavy (non-hydrogen) atoms. The minimum absolute atomic E-state index is 0.0552. The highest BCUT2D eigenvalue weighted by molar-refractivity contribution is 5.85. The van der Waals surface area contributed by atoms with Crippen LogP contribution in [0.5, 0.6) is 0 Å². The molecule has 0 saturated carbocycles. The average Bonchev–Trinajstić information content (AvgIpc) is 3.15. The number of anilines is 4. The first-order valence-corrected chi connectivity index (χ1v) is 18.6. The summed E-state index contributed by atoms with van der Waals surface area (Å²) < 4.78 is 15.5. The topological polar surface area (TPSA) is 102 Å². The first-order chi connectivity index (χ1) is 25.4. The Hall–Kier alpha value is -5.16. The van der Waals surface area contributed by atoms with Crippen LogP contribution in [0, 0.1) is 18.2 Å². The molecule has 4 aromatic rings. The molecule has 2 aromatic heterocycles. The molecule has 0 unspecified atom stereocenters. The van der Waals surface area contributed by atoms with Crippen molar-refractivity contribution in [2.75, 3.05) is 61.1 Å². The number of rotatable bonds is 11. The standard InChI is InChI=1S/C42H52FN9O/c1-7-38(42(4,5)6)48-30(3)23-32-24-36(43)35(22-29(32)2)37-25-40(46-27-45-37)49-39-13-12-34(26-44-39)51-20-18-50(19-21-51)16-14-31-8-10-33(11-9-31)52-17-15-41(53)47-28-52/h7-13,22,24-27H,14-21,23,28H2,1-6H3,(H,47,53)(H,44,45,46,49)/b38-7-,48-30+. The fourth-order valence-corrected chi connectivity index (χ4v) is 6.84. The van der Waals surface area contributed by atoms with Gasteiger partial charge in [0.2, 0.25) is 5.91 Å². The number of nitrogens with one attached hydrogen (secondary N) is 2. The van der Waals surface area contributed by atoms with Crippen molar-refractivity contribution in [3.8, 4) is 11.3 Å². The van der Waals surface area contributed by atoms with E-state index >= 15 is 4.39 Å². The van der Waals surface area contributed by atoms with Crippen molar-refractivity contribution in [2.45, 2.75) is 60.8 Å². The van der Waals surface area contributed by atoms with Crippen LogP contribution in [-0.4, -0.2) is 77.4 Å². The monoisotopic (exact) mass is 717 g/mol. The Labute approximate surface area is 313 Å². The number of benzene rings is 2. The van der Waals surface area contributed by atoms with Crippen LogP contribution in [0.15, 0.2) is 83.9 Å². The second kappa shape index (κ2) is 16.7. The smallest absolute Gasteiger partial charge is 0.223 e.